The normalized spacial score (nSPS) is 11.3. The summed E-state index contributed by atoms with van der Waals surface area (Å²) in [6.45, 7) is 1.71. The minimum Gasteiger partial charge on any atom is -0.478 e. The van der Waals surface area contributed by atoms with Crippen LogP contribution in [0.2, 0.25) is 0 Å². The summed E-state index contributed by atoms with van der Waals surface area (Å²) in [7, 11) is 0. The number of non-ortho nitro benzene ring substituents is 1. The highest BCUT2D eigenvalue weighted by Gasteiger charge is 2.25. The van der Waals surface area contributed by atoms with E-state index in [0.29, 0.717) is 5.56 Å². The lowest BCUT2D eigenvalue weighted by molar-refractivity contribution is -0.384. The molecule has 0 spiro atoms. The quantitative estimate of drug-likeness (QED) is 0.403. The Hall–Kier alpha value is -3.75. The molecular weight excluding hydrogens is 368 g/mol. The highest BCUT2D eigenvalue weighted by molar-refractivity contribution is 6.05. The molecule has 0 aromatic heterocycles. The summed E-state index contributed by atoms with van der Waals surface area (Å²) in [5, 5.41) is 22.5. The zero-order valence-corrected chi connectivity index (χ0v) is 15.0. The Kier molecular flexibility index (Phi) is 6.80. The number of carbonyl (C=O) groups is 3. The van der Waals surface area contributed by atoms with Gasteiger partial charge in [-0.05, 0) is 24.6 Å². The number of benzene rings is 2. The SMILES string of the molecule is CCOC(=O)C(Cc1ccc([N+](=O)[O-])cc1)NC(=O)c1ccccc1C(=O)O. The second kappa shape index (κ2) is 9.26. The number of hydrogen-bond acceptors (Lipinski definition) is 6. The van der Waals surface area contributed by atoms with Crippen LogP contribution >= 0.6 is 0 Å². The summed E-state index contributed by atoms with van der Waals surface area (Å²) in [6.07, 6.45) is 0.0256. The number of carboxylic acids is 1. The van der Waals surface area contributed by atoms with Crippen molar-refractivity contribution in [3.8, 4) is 0 Å². The maximum atomic E-state index is 12.6. The maximum absolute atomic E-state index is 12.6. The third kappa shape index (κ3) is 5.13. The Morgan fingerprint density at radius 2 is 1.71 bits per heavy atom. The number of hydrogen-bond donors (Lipinski definition) is 2. The summed E-state index contributed by atoms with van der Waals surface area (Å²) in [5.74, 6) is -2.70. The number of nitro benzene ring substituents is 1. The molecule has 0 radical (unpaired) electrons. The van der Waals surface area contributed by atoms with Gasteiger partial charge in [0, 0.05) is 18.6 Å². The van der Waals surface area contributed by atoms with E-state index in [9.17, 15) is 29.6 Å². The summed E-state index contributed by atoms with van der Waals surface area (Å²) >= 11 is 0. The van der Waals surface area contributed by atoms with E-state index in [1.54, 1.807) is 6.92 Å². The Bertz CT molecular complexity index is 893. The smallest absolute Gasteiger partial charge is 0.336 e. The molecule has 146 valence electrons. The van der Waals surface area contributed by atoms with Crippen LogP contribution in [0.25, 0.3) is 0 Å². The van der Waals surface area contributed by atoms with Crippen molar-refractivity contribution in [2.45, 2.75) is 19.4 Å². The van der Waals surface area contributed by atoms with Crippen molar-refractivity contribution >= 4 is 23.5 Å². The average Bonchev–Trinajstić information content (AvgIpc) is 2.68. The van der Waals surface area contributed by atoms with Crippen molar-refractivity contribution in [3.63, 3.8) is 0 Å². The number of amides is 1. The van der Waals surface area contributed by atoms with Gasteiger partial charge in [-0.2, -0.15) is 0 Å². The molecule has 9 heteroatoms. The van der Waals surface area contributed by atoms with Crippen molar-refractivity contribution in [1.82, 2.24) is 5.32 Å². The fourth-order valence-corrected chi connectivity index (χ4v) is 2.53. The largest absolute Gasteiger partial charge is 0.478 e. The van der Waals surface area contributed by atoms with Gasteiger partial charge in [0.25, 0.3) is 11.6 Å². The van der Waals surface area contributed by atoms with Crippen LogP contribution in [0.1, 0.15) is 33.2 Å². The van der Waals surface area contributed by atoms with Crippen LogP contribution in [0.3, 0.4) is 0 Å². The molecular formula is C19H18N2O7. The van der Waals surface area contributed by atoms with Gasteiger partial charge in [0.2, 0.25) is 0 Å². The number of esters is 1. The van der Waals surface area contributed by atoms with Crippen molar-refractivity contribution in [3.05, 3.63) is 75.3 Å². The van der Waals surface area contributed by atoms with Crippen LogP contribution in [-0.2, 0) is 16.0 Å². The number of ether oxygens (including phenoxy) is 1. The predicted molar refractivity (Wildman–Crippen MR) is 98.1 cm³/mol. The Balaban J connectivity index is 2.24. The molecule has 0 aliphatic heterocycles. The Morgan fingerprint density at radius 3 is 2.25 bits per heavy atom. The third-order valence-electron chi connectivity index (χ3n) is 3.87. The summed E-state index contributed by atoms with van der Waals surface area (Å²) in [6, 6.07) is 10.1. The zero-order chi connectivity index (χ0) is 20.7. The van der Waals surface area contributed by atoms with Gasteiger partial charge in [0.1, 0.15) is 6.04 Å². The van der Waals surface area contributed by atoms with E-state index < -0.39 is 28.8 Å². The zero-order valence-electron chi connectivity index (χ0n) is 15.0. The van der Waals surface area contributed by atoms with E-state index in [0.717, 1.165) is 0 Å². The lowest BCUT2D eigenvalue weighted by Gasteiger charge is -2.18. The van der Waals surface area contributed by atoms with Gasteiger partial charge in [-0.15, -0.1) is 0 Å². The Morgan fingerprint density at radius 1 is 1.11 bits per heavy atom. The first-order valence-electron chi connectivity index (χ1n) is 8.36. The first-order chi connectivity index (χ1) is 13.3. The lowest BCUT2D eigenvalue weighted by atomic mass is 10.0. The summed E-state index contributed by atoms with van der Waals surface area (Å²) in [4.78, 5) is 46.3. The molecule has 1 amide bonds. The molecule has 28 heavy (non-hydrogen) atoms. The fourth-order valence-electron chi connectivity index (χ4n) is 2.53. The van der Waals surface area contributed by atoms with Crippen molar-refractivity contribution < 1.29 is 29.2 Å². The number of nitrogens with one attached hydrogen (secondary N) is 1. The highest BCUT2D eigenvalue weighted by atomic mass is 16.6. The molecule has 0 aliphatic carbocycles. The van der Waals surface area contributed by atoms with Gasteiger partial charge < -0.3 is 15.2 Å². The van der Waals surface area contributed by atoms with Crippen molar-refractivity contribution in [2.24, 2.45) is 0 Å². The number of carboxylic acid groups (broad SMARTS) is 1. The average molecular weight is 386 g/mol. The molecule has 0 saturated carbocycles. The van der Waals surface area contributed by atoms with Crippen molar-refractivity contribution in [1.29, 1.82) is 0 Å². The van der Waals surface area contributed by atoms with Gasteiger partial charge in [0.15, 0.2) is 0 Å². The van der Waals surface area contributed by atoms with E-state index >= 15 is 0 Å². The monoisotopic (exact) mass is 386 g/mol. The molecule has 1 atom stereocenters. The molecule has 0 aliphatic rings. The molecule has 2 aromatic carbocycles. The predicted octanol–water partition coefficient (Wildman–Crippen LogP) is 2.20. The molecule has 0 fully saturated rings. The van der Waals surface area contributed by atoms with Gasteiger partial charge >= 0.3 is 11.9 Å². The minimum absolute atomic E-state index is 0.0256. The highest BCUT2D eigenvalue weighted by Crippen LogP contribution is 2.15. The number of nitro groups is 1. The number of rotatable bonds is 8. The first kappa shape index (κ1) is 20.6. The standard InChI is InChI=1S/C19H18N2O7/c1-2-28-19(25)16(11-12-7-9-13(10-8-12)21(26)27)20-17(22)14-5-3-4-6-15(14)18(23)24/h3-10,16H,2,11H2,1H3,(H,20,22)(H,23,24). The molecule has 9 nitrogen and oxygen atoms in total. The number of aromatic carboxylic acids is 1. The molecule has 2 aromatic rings. The lowest BCUT2D eigenvalue weighted by Crippen LogP contribution is -2.43. The molecule has 0 heterocycles. The van der Waals surface area contributed by atoms with E-state index in [4.69, 9.17) is 4.74 Å². The third-order valence-corrected chi connectivity index (χ3v) is 3.87. The van der Waals surface area contributed by atoms with Gasteiger partial charge in [-0.1, -0.05) is 24.3 Å². The molecule has 2 N–H and O–H groups in total. The van der Waals surface area contributed by atoms with Gasteiger partial charge in [-0.3, -0.25) is 14.9 Å². The first-order valence-corrected chi connectivity index (χ1v) is 8.36. The molecule has 0 bridgehead atoms. The van der Waals surface area contributed by atoms with E-state index in [1.165, 1.54) is 48.5 Å². The van der Waals surface area contributed by atoms with Crippen LogP contribution < -0.4 is 5.32 Å². The fraction of sp³-hybridized carbons (Fsp3) is 0.211. The van der Waals surface area contributed by atoms with Crippen LogP contribution in [0.15, 0.2) is 48.5 Å². The van der Waals surface area contributed by atoms with Crippen molar-refractivity contribution in [2.75, 3.05) is 6.61 Å². The summed E-state index contributed by atoms with van der Waals surface area (Å²) in [5.41, 5.74) is 0.178. The van der Waals surface area contributed by atoms with E-state index in [-0.39, 0.29) is 29.8 Å². The van der Waals surface area contributed by atoms with Gasteiger partial charge in [0.05, 0.1) is 22.7 Å². The van der Waals surface area contributed by atoms with Crippen LogP contribution in [0.4, 0.5) is 5.69 Å². The molecule has 1 unspecified atom stereocenters. The second-order valence-electron chi connectivity index (χ2n) is 5.76. The van der Waals surface area contributed by atoms with E-state index in [2.05, 4.69) is 5.32 Å². The van der Waals surface area contributed by atoms with Crippen LogP contribution in [-0.4, -0.2) is 40.5 Å². The number of nitrogens with zero attached hydrogens (tertiary/aromatic N) is 1. The van der Waals surface area contributed by atoms with Crippen LogP contribution in [0, 0.1) is 10.1 Å². The minimum atomic E-state index is -1.27. The number of carbonyl (C=O) groups excluding carboxylic acids is 2. The second-order valence-corrected chi connectivity index (χ2v) is 5.76. The molecule has 0 saturated heterocycles. The van der Waals surface area contributed by atoms with Gasteiger partial charge in [-0.25, -0.2) is 9.59 Å². The molecule has 2 rings (SSSR count). The maximum Gasteiger partial charge on any atom is 0.336 e. The Labute approximate surface area is 160 Å². The summed E-state index contributed by atoms with van der Waals surface area (Å²) < 4.78 is 4.97. The van der Waals surface area contributed by atoms with E-state index in [1.807, 2.05) is 0 Å². The van der Waals surface area contributed by atoms with Crippen LogP contribution in [0.5, 0.6) is 0 Å². The topological polar surface area (TPSA) is 136 Å².